The Morgan fingerprint density at radius 3 is 2.54 bits per heavy atom. The van der Waals surface area contributed by atoms with Crippen molar-refractivity contribution in [3.63, 3.8) is 0 Å². The third-order valence-electron chi connectivity index (χ3n) is 2.08. The molecule has 0 saturated heterocycles. The summed E-state index contributed by atoms with van der Waals surface area (Å²) >= 11 is 0. The van der Waals surface area contributed by atoms with Crippen LogP contribution in [0.15, 0.2) is 30.4 Å². The van der Waals surface area contributed by atoms with E-state index in [1.54, 1.807) is 6.07 Å². The summed E-state index contributed by atoms with van der Waals surface area (Å²) in [6, 6.07) is 5.66. The van der Waals surface area contributed by atoms with Gasteiger partial charge < -0.3 is 11.5 Å². The van der Waals surface area contributed by atoms with Gasteiger partial charge >= 0.3 is 0 Å². The Hall–Kier alpha value is -1.44. The van der Waals surface area contributed by atoms with Crippen molar-refractivity contribution < 1.29 is 0 Å². The van der Waals surface area contributed by atoms with Crippen molar-refractivity contribution in [3.8, 4) is 0 Å². The molecule has 0 saturated carbocycles. The molecule has 0 aliphatic rings. The normalized spacial score (nSPS) is 13.4. The van der Waals surface area contributed by atoms with E-state index in [1.165, 1.54) is 0 Å². The number of nitrogens with two attached hydrogens (primary N) is 2. The van der Waals surface area contributed by atoms with Crippen LogP contribution in [0.2, 0.25) is 0 Å². The summed E-state index contributed by atoms with van der Waals surface area (Å²) in [6.45, 7) is 4.12. The zero-order valence-electron chi connectivity index (χ0n) is 8.12. The molecule has 0 aromatic heterocycles. The Balaban J connectivity index is 3.01. The van der Waals surface area contributed by atoms with Crippen LogP contribution in [-0.2, 0) is 0 Å². The van der Waals surface area contributed by atoms with Gasteiger partial charge in [-0.3, -0.25) is 0 Å². The van der Waals surface area contributed by atoms with Crippen LogP contribution in [0.3, 0.4) is 0 Å². The van der Waals surface area contributed by atoms with E-state index in [4.69, 9.17) is 11.5 Å². The Morgan fingerprint density at radius 2 is 2.00 bits per heavy atom. The molecule has 1 unspecified atom stereocenters. The highest BCUT2D eigenvalue weighted by molar-refractivity contribution is 5.58. The van der Waals surface area contributed by atoms with Crippen LogP contribution in [-0.4, -0.2) is 0 Å². The third-order valence-corrected chi connectivity index (χ3v) is 2.08. The molecule has 2 heteroatoms. The number of nitrogen functional groups attached to an aromatic ring is 2. The monoisotopic (exact) mass is 176 g/mol. The average molecular weight is 176 g/mol. The molecule has 0 bridgehead atoms. The Bertz CT molecular complexity index is 316. The lowest BCUT2D eigenvalue weighted by atomic mass is 9.98. The molecule has 1 rings (SSSR count). The number of allylic oxidation sites excluding steroid dienone is 2. The second-order valence-electron chi connectivity index (χ2n) is 3.20. The number of anilines is 2. The first-order valence-corrected chi connectivity index (χ1v) is 4.43. The number of rotatable bonds is 2. The molecule has 2 nitrogen and oxygen atoms in total. The maximum atomic E-state index is 5.84. The summed E-state index contributed by atoms with van der Waals surface area (Å²) in [6.07, 6.45) is 4.14. The fraction of sp³-hybridized carbons (Fsp3) is 0.273. The van der Waals surface area contributed by atoms with Crippen LogP contribution < -0.4 is 11.5 Å². The minimum Gasteiger partial charge on any atom is -0.399 e. The van der Waals surface area contributed by atoms with Crippen LogP contribution in [0.25, 0.3) is 0 Å². The number of hydrogen-bond donors (Lipinski definition) is 2. The lowest BCUT2D eigenvalue weighted by Gasteiger charge is -2.10. The Morgan fingerprint density at radius 1 is 1.31 bits per heavy atom. The van der Waals surface area contributed by atoms with Gasteiger partial charge in [0, 0.05) is 17.3 Å². The first-order valence-electron chi connectivity index (χ1n) is 4.43. The van der Waals surface area contributed by atoms with Crippen molar-refractivity contribution in [1.82, 2.24) is 0 Å². The summed E-state index contributed by atoms with van der Waals surface area (Å²) in [5.74, 6) is 0.352. The van der Waals surface area contributed by atoms with E-state index in [1.807, 2.05) is 25.1 Å². The predicted octanol–water partition coefficient (Wildman–Crippen LogP) is 2.53. The van der Waals surface area contributed by atoms with E-state index in [0.717, 1.165) is 11.3 Å². The lowest BCUT2D eigenvalue weighted by Crippen LogP contribution is -1.98. The molecular formula is C11H16N2. The maximum absolute atomic E-state index is 5.84. The fourth-order valence-electron chi connectivity index (χ4n) is 1.40. The van der Waals surface area contributed by atoms with E-state index >= 15 is 0 Å². The molecule has 0 heterocycles. The van der Waals surface area contributed by atoms with Crippen molar-refractivity contribution in [2.24, 2.45) is 0 Å². The van der Waals surface area contributed by atoms with E-state index in [0.29, 0.717) is 11.6 Å². The van der Waals surface area contributed by atoms with E-state index in [9.17, 15) is 0 Å². The van der Waals surface area contributed by atoms with E-state index in [2.05, 4.69) is 13.0 Å². The van der Waals surface area contributed by atoms with Crippen molar-refractivity contribution >= 4 is 11.4 Å². The Labute approximate surface area is 79.2 Å². The van der Waals surface area contributed by atoms with E-state index < -0.39 is 0 Å². The molecule has 0 aliphatic carbocycles. The summed E-state index contributed by atoms with van der Waals surface area (Å²) in [5, 5.41) is 0. The van der Waals surface area contributed by atoms with E-state index in [-0.39, 0.29) is 0 Å². The lowest BCUT2D eigenvalue weighted by molar-refractivity contribution is 0.969. The first-order chi connectivity index (χ1) is 6.15. The molecule has 0 aliphatic heterocycles. The van der Waals surface area contributed by atoms with Crippen LogP contribution in [0.1, 0.15) is 25.3 Å². The van der Waals surface area contributed by atoms with Crippen molar-refractivity contribution in [2.45, 2.75) is 19.8 Å². The fourth-order valence-corrected chi connectivity index (χ4v) is 1.40. The highest BCUT2D eigenvalue weighted by atomic mass is 14.6. The summed E-state index contributed by atoms with van der Waals surface area (Å²) < 4.78 is 0. The standard InChI is InChI=1S/C11H16N2/c1-3-4-8(2)10-6-5-9(12)7-11(10)13/h3-8H,12-13H2,1-2H3/b4-3+. The van der Waals surface area contributed by atoms with Gasteiger partial charge in [-0.05, 0) is 24.6 Å². The molecule has 0 amide bonds. The zero-order chi connectivity index (χ0) is 9.84. The summed E-state index contributed by atoms with van der Waals surface area (Å²) in [7, 11) is 0. The second kappa shape index (κ2) is 3.99. The smallest absolute Gasteiger partial charge is 0.0373 e. The zero-order valence-corrected chi connectivity index (χ0v) is 8.12. The van der Waals surface area contributed by atoms with Gasteiger partial charge in [-0.15, -0.1) is 0 Å². The van der Waals surface area contributed by atoms with Crippen LogP contribution >= 0.6 is 0 Å². The molecule has 0 radical (unpaired) electrons. The van der Waals surface area contributed by atoms with Gasteiger partial charge in [0.15, 0.2) is 0 Å². The van der Waals surface area contributed by atoms with Crippen molar-refractivity contribution in [1.29, 1.82) is 0 Å². The predicted molar refractivity (Wildman–Crippen MR) is 58.5 cm³/mol. The molecular weight excluding hydrogens is 160 g/mol. The van der Waals surface area contributed by atoms with Crippen molar-refractivity contribution in [2.75, 3.05) is 11.5 Å². The minimum absolute atomic E-state index is 0.352. The largest absolute Gasteiger partial charge is 0.399 e. The highest BCUT2D eigenvalue weighted by Gasteiger charge is 2.04. The van der Waals surface area contributed by atoms with Crippen LogP contribution in [0.4, 0.5) is 11.4 Å². The highest BCUT2D eigenvalue weighted by Crippen LogP contribution is 2.24. The minimum atomic E-state index is 0.352. The van der Waals surface area contributed by atoms with Gasteiger partial charge in [0.2, 0.25) is 0 Å². The molecule has 1 aromatic rings. The van der Waals surface area contributed by atoms with Gasteiger partial charge in [0.25, 0.3) is 0 Å². The van der Waals surface area contributed by atoms with Gasteiger partial charge in [-0.25, -0.2) is 0 Å². The number of hydrogen-bond acceptors (Lipinski definition) is 2. The third kappa shape index (κ3) is 2.25. The van der Waals surface area contributed by atoms with Crippen LogP contribution in [0.5, 0.6) is 0 Å². The molecule has 0 fully saturated rings. The molecule has 4 N–H and O–H groups in total. The Kier molecular flexibility index (Phi) is 2.96. The first kappa shape index (κ1) is 9.65. The molecule has 1 aromatic carbocycles. The van der Waals surface area contributed by atoms with Gasteiger partial charge in [-0.1, -0.05) is 25.1 Å². The SMILES string of the molecule is C/C=C/C(C)c1ccc(N)cc1N. The van der Waals surface area contributed by atoms with Gasteiger partial charge in [-0.2, -0.15) is 0 Å². The summed E-state index contributed by atoms with van der Waals surface area (Å²) in [5.41, 5.74) is 14.1. The van der Waals surface area contributed by atoms with Gasteiger partial charge in [0.1, 0.15) is 0 Å². The quantitative estimate of drug-likeness (QED) is 0.537. The second-order valence-corrected chi connectivity index (χ2v) is 3.20. The maximum Gasteiger partial charge on any atom is 0.0373 e. The van der Waals surface area contributed by atoms with Crippen molar-refractivity contribution in [3.05, 3.63) is 35.9 Å². The molecule has 13 heavy (non-hydrogen) atoms. The summed E-state index contributed by atoms with van der Waals surface area (Å²) in [4.78, 5) is 0. The topological polar surface area (TPSA) is 52.0 Å². The van der Waals surface area contributed by atoms with Gasteiger partial charge in [0.05, 0.1) is 0 Å². The molecule has 1 atom stereocenters. The van der Waals surface area contributed by atoms with Crippen LogP contribution in [0, 0.1) is 0 Å². The molecule has 0 spiro atoms. The average Bonchev–Trinajstić information content (AvgIpc) is 2.04. The molecule has 70 valence electrons. The number of benzene rings is 1.